The van der Waals surface area contributed by atoms with Crippen molar-refractivity contribution in [1.29, 1.82) is 0 Å². The molecule has 0 aliphatic carbocycles. The summed E-state index contributed by atoms with van der Waals surface area (Å²) < 4.78 is 0. The third kappa shape index (κ3) is 11.3. The molecular formula is C49H49N3O7. The highest BCUT2D eigenvalue weighted by Gasteiger charge is 2.17. The fraction of sp³-hybridized carbons (Fsp3) is 0.122. The second-order valence-corrected chi connectivity index (χ2v) is 13.9. The summed E-state index contributed by atoms with van der Waals surface area (Å²) in [6, 6.07) is 45.7. The van der Waals surface area contributed by atoms with Gasteiger partial charge in [0, 0.05) is 64.5 Å². The van der Waals surface area contributed by atoms with E-state index < -0.39 is 0 Å². The molecule has 0 aliphatic rings. The highest BCUT2D eigenvalue weighted by atomic mass is 16.3. The van der Waals surface area contributed by atoms with Crippen molar-refractivity contribution in [2.45, 2.75) is 0 Å². The number of rotatable bonds is 5. The van der Waals surface area contributed by atoms with Crippen LogP contribution >= 0.6 is 0 Å². The molecule has 4 N–H and O–H groups in total. The van der Waals surface area contributed by atoms with E-state index in [1.807, 2.05) is 121 Å². The standard InChI is InChI=1S/2C20H14O2.3C3H7NO/c2*21-17-11-9-13-5-1-3-7-15(13)19(17)20-16-8-4-2-6-14(16)10-12-18(20)22;3*1-4(2)3-5/h2*1-12,21-22H;3*3H,1-2H3. The van der Waals surface area contributed by atoms with Crippen molar-refractivity contribution in [2.75, 3.05) is 42.3 Å². The Labute approximate surface area is 344 Å². The van der Waals surface area contributed by atoms with Crippen LogP contribution in [0, 0.1) is 0 Å². The third-order valence-electron chi connectivity index (χ3n) is 8.76. The molecule has 59 heavy (non-hydrogen) atoms. The lowest BCUT2D eigenvalue weighted by molar-refractivity contribution is -0.116. The molecule has 302 valence electrons. The summed E-state index contributed by atoms with van der Waals surface area (Å²) in [5.74, 6) is 0.686. The molecular weight excluding hydrogens is 743 g/mol. The molecule has 8 aromatic carbocycles. The Balaban J connectivity index is 0.000000195. The molecule has 10 nitrogen and oxygen atoms in total. The number of benzene rings is 8. The van der Waals surface area contributed by atoms with Crippen molar-refractivity contribution >= 4 is 62.3 Å². The van der Waals surface area contributed by atoms with Gasteiger partial charge >= 0.3 is 0 Å². The maximum absolute atomic E-state index is 10.4. The van der Waals surface area contributed by atoms with Gasteiger partial charge in [0.25, 0.3) is 0 Å². The van der Waals surface area contributed by atoms with Crippen molar-refractivity contribution < 1.29 is 34.8 Å². The van der Waals surface area contributed by atoms with Crippen LogP contribution < -0.4 is 0 Å². The van der Waals surface area contributed by atoms with Crippen molar-refractivity contribution in [3.63, 3.8) is 0 Å². The molecule has 0 aromatic heterocycles. The zero-order valence-electron chi connectivity index (χ0n) is 33.9. The number of phenolic OH excluding ortho intramolecular Hbond substituents is 4. The number of carbonyl (C=O) groups excluding carboxylic acids is 3. The fourth-order valence-corrected chi connectivity index (χ4v) is 6.09. The quantitative estimate of drug-likeness (QED) is 0.127. The molecule has 8 rings (SSSR count). The molecule has 0 saturated heterocycles. The zero-order chi connectivity index (χ0) is 43.1. The summed E-state index contributed by atoms with van der Waals surface area (Å²) in [5, 5.41) is 49.6. The van der Waals surface area contributed by atoms with Gasteiger partial charge in [-0.1, -0.05) is 121 Å². The maximum Gasteiger partial charge on any atom is 0.209 e. The first-order chi connectivity index (χ1) is 28.3. The van der Waals surface area contributed by atoms with E-state index in [1.165, 1.54) is 14.7 Å². The summed E-state index contributed by atoms with van der Waals surface area (Å²) >= 11 is 0. The molecule has 0 saturated carbocycles. The number of hydrogen-bond acceptors (Lipinski definition) is 7. The van der Waals surface area contributed by atoms with Crippen LogP contribution in [0.4, 0.5) is 0 Å². The number of carbonyl (C=O) groups is 3. The van der Waals surface area contributed by atoms with E-state index >= 15 is 0 Å². The molecule has 0 heterocycles. The second-order valence-electron chi connectivity index (χ2n) is 13.9. The molecule has 0 aliphatic heterocycles. The monoisotopic (exact) mass is 791 g/mol. The van der Waals surface area contributed by atoms with Crippen LogP contribution in [-0.4, -0.2) is 96.6 Å². The average Bonchev–Trinajstić information content (AvgIpc) is 3.25. The molecule has 0 atom stereocenters. The van der Waals surface area contributed by atoms with Crippen LogP contribution in [0.25, 0.3) is 65.3 Å². The van der Waals surface area contributed by atoms with E-state index in [0.717, 1.165) is 62.3 Å². The first-order valence-electron chi connectivity index (χ1n) is 18.5. The minimum absolute atomic E-state index is 0.172. The van der Waals surface area contributed by atoms with Gasteiger partial charge in [-0.2, -0.15) is 0 Å². The number of amides is 3. The Morgan fingerprint density at radius 3 is 0.644 bits per heavy atom. The van der Waals surface area contributed by atoms with Crippen LogP contribution in [0.15, 0.2) is 146 Å². The number of fused-ring (bicyclic) bond motifs is 4. The Kier molecular flexibility index (Phi) is 15.8. The lowest BCUT2D eigenvalue weighted by atomic mass is 9.92. The van der Waals surface area contributed by atoms with Crippen LogP contribution in [-0.2, 0) is 14.4 Å². The lowest BCUT2D eigenvalue weighted by Crippen LogP contribution is -2.06. The van der Waals surface area contributed by atoms with Gasteiger partial charge < -0.3 is 35.1 Å². The first kappa shape index (κ1) is 44.1. The minimum Gasteiger partial charge on any atom is -0.507 e. The molecule has 0 spiro atoms. The van der Waals surface area contributed by atoms with Crippen LogP contribution in [0.3, 0.4) is 0 Å². The van der Waals surface area contributed by atoms with Gasteiger partial charge in [-0.05, 0) is 67.4 Å². The van der Waals surface area contributed by atoms with Crippen molar-refractivity contribution in [3.8, 4) is 45.3 Å². The highest BCUT2D eigenvalue weighted by molar-refractivity contribution is 6.10. The Morgan fingerprint density at radius 2 is 0.475 bits per heavy atom. The normalized spacial score (nSPS) is 10.0. The summed E-state index contributed by atoms with van der Waals surface area (Å²) in [6.45, 7) is 0. The van der Waals surface area contributed by atoms with Gasteiger partial charge in [0.15, 0.2) is 0 Å². The van der Waals surface area contributed by atoms with Gasteiger partial charge in [0.1, 0.15) is 23.0 Å². The van der Waals surface area contributed by atoms with E-state index in [2.05, 4.69) is 0 Å². The van der Waals surface area contributed by atoms with E-state index in [4.69, 9.17) is 0 Å². The topological polar surface area (TPSA) is 142 Å². The van der Waals surface area contributed by atoms with Crippen molar-refractivity contribution in [2.24, 2.45) is 0 Å². The summed E-state index contributed by atoms with van der Waals surface area (Å²) in [6.07, 6.45) is 2.25. The molecule has 8 aromatic rings. The smallest absolute Gasteiger partial charge is 0.209 e. The lowest BCUT2D eigenvalue weighted by Gasteiger charge is -2.14. The Bertz CT molecular complexity index is 2310. The third-order valence-corrected chi connectivity index (χ3v) is 8.76. The molecule has 3 amide bonds. The van der Waals surface area contributed by atoms with Gasteiger partial charge in [-0.15, -0.1) is 0 Å². The van der Waals surface area contributed by atoms with Gasteiger partial charge in [0.05, 0.1) is 0 Å². The van der Waals surface area contributed by atoms with Crippen LogP contribution in [0.2, 0.25) is 0 Å². The summed E-state index contributed by atoms with van der Waals surface area (Å²) in [7, 11) is 10.1. The number of nitrogens with zero attached hydrogens (tertiary/aromatic N) is 3. The molecule has 0 radical (unpaired) electrons. The Hall–Kier alpha value is -7.59. The molecule has 0 unspecified atom stereocenters. The number of aromatic hydroxyl groups is 4. The van der Waals surface area contributed by atoms with E-state index in [-0.39, 0.29) is 23.0 Å². The highest BCUT2D eigenvalue weighted by Crippen LogP contribution is 2.45. The summed E-state index contributed by atoms with van der Waals surface area (Å²) in [5.41, 5.74) is 2.69. The number of phenols is 4. The van der Waals surface area contributed by atoms with E-state index in [9.17, 15) is 34.8 Å². The SMILES string of the molecule is CN(C)C=O.CN(C)C=O.CN(C)C=O.Oc1ccc2ccccc2c1-c1c(O)ccc2ccccc12.Oc1ccc2ccccc2c1-c1c(O)ccc2ccccc12. The molecule has 10 heteroatoms. The average molecular weight is 792 g/mol. The van der Waals surface area contributed by atoms with Crippen LogP contribution in [0.5, 0.6) is 23.0 Å². The van der Waals surface area contributed by atoms with E-state index in [1.54, 1.807) is 66.6 Å². The first-order valence-corrected chi connectivity index (χ1v) is 18.5. The second kappa shape index (κ2) is 21.1. The molecule has 0 bridgehead atoms. The predicted molar refractivity (Wildman–Crippen MR) is 240 cm³/mol. The minimum atomic E-state index is 0.172. The fourth-order valence-electron chi connectivity index (χ4n) is 6.09. The maximum atomic E-state index is 10.4. The predicted octanol–water partition coefficient (Wildman–Crippen LogP) is 9.26. The van der Waals surface area contributed by atoms with Gasteiger partial charge in [0.2, 0.25) is 19.2 Å². The Morgan fingerprint density at radius 1 is 0.305 bits per heavy atom. The van der Waals surface area contributed by atoms with Crippen molar-refractivity contribution in [3.05, 3.63) is 146 Å². The largest absolute Gasteiger partial charge is 0.507 e. The van der Waals surface area contributed by atoms with Crippen LogP contribution in [0.1, 0.15) is 0 Å². The van der Waals surface area contributed by atoms with Gasteiger partial charge in [-0.3, -0.25) is 14.4 Å². The molecule has 0 fully saturated rings. The van der Waals surface area contributed by atoms with Crippen molar-refractivity contribution in [1.82, 2.24) is 14.7 Å². The zero-order valence-corrected chi connectivity index (χ0v) is 33.9. The summed E-state index contributed by atoms with van der Waals surface area (Å²) in [4.78, 5) is 32.6. The van der Waals surface area contributed by atoms with E-state index in [0.29, 0.717) is 22.3 Å². The number of hydrogen-bond donors (Lipinski definition) is 4. The van der Waals surface area contributed by atoms with Gasteiger partial charge in [-0.25, -0.2) is 0 Å².